The van der Waals surface area contributed by atoms with E-state index in [1.165, 1.54) is 6.92 Å². The summed E-state index contributed by atoms with van der Waals surface area (Å²) in [5.74, 6) is -1.58. The highest BCUT2D eigenvalue weighted by Crippen LogP contribution is 2.00. The Balaban J connectivity index is 0.000000378. The molecule has 0 amide bonds. The highest BCUT2D eigenvalue weighted by molar-refractivity contribution is 5.89. The number of benzene rings is 2. The first kappa shape index (κ1) is 22.3. The zero-order chi connectivity index (χ0) is 19.8. The van der Waals surface area contributed by atoms with Crippen LogP contribution in [0, 0.1) is 0 Å². The maximum Gasteiger partial charge on any atom is 0.342 e. The van der Waals surface area contributed by atoms with E-state index in [4.69, 9.17) is 5.11 Å². The van der Waals surface area contributed by atoms with Crippen molar-refractivity contribution in [3.8, 4) is 0 Å². The van der Waals surface area contributed by atoms with Crippen LogP contribution in [0.4, 0.5) is 0 Å². The van der Waals surface area contributed by atoms with Gasteiger partial charge < -0.3 is 14.6 Å². The number of rotatable bonds is 4. The predicted molar refractivity (Wildman–Crippen MR) is 97.4 cm³/mol. The van der Waals surface area contributed by atoms with Gasteiger partial charge in [-0.3, -0.25) is 4.79 Å². The predicted octanol–water partition coefficient (Wildman–Crippen LogP) is 4.06. The molecule has 0 spiro atoms. The second-order valence-corrected chi connectivity index (χ2v) is 4.39. The van der Waals surface area contributed by atoms with Gasteiger partial charge in [-0.05, 0) is 24.3 Å². The molecule has 0 saturated carbocycles. The minimum Gasteiger partial charge on any atom is -0.478 e. The minimum atomic E-state index is -0.879. The van der Waals surface area contributed by atoms with Crippen LogP contribution in [0.3, 0.4) is 0 Å². The average molecular weight is 356 g/mol. The highest BCUT2D eigenvalue weighted by Gasteiger charge is 2.01. The lowest BCUT2D eigenvalue weighted by atomic mass is 10.2. The molecule has 0 unspecified atom stereocenters. The van der Waals surface area contributed by atoms with E-state index < -0.39 is 5.97 Å². The van der Waals surface area contributed by atoms with Gasteiger partial charge in [0, 0.05) is 6.92 Å². The molecule has 0 fully saturated rings. The number of esters is 2. The van der Waals surface area contributed by atoms with Crippen LogP contribution in [0.2, 0.25) is 0 Å². The Hall–Kier alpha value is -3.67. The lowest BCUT2D eigenvalue weighted by Gasteiger charge is -1.96. The molecule has 2 rings (SSSR count). The average Bonchev–Trinajstić information content (AvgIpc) is 2.64. The van der Waals surface area contributed by atoms with Crippen LogP contribution in [-0.2, 0) is 14.3 Å². The third kappa shape index (κ3) is 11.0. The smallest absolute Gasteiger partial charge is 0.342 e. The molecule has 0 aliphatic rings. The molecule has 0 heterocycles. The van der Waals surface area contributed by atoms with Crippen molar-refractivity contribution in [1.29, 1.82) is 0 Å². The van der Waals surface area contributed by atoms with E-state index >= 15 is 0 Å². The standard InChI is InChI=1S/C9H8O2.C7H6O2.C4H6O2/c1-2-11-9(10)8-6-4-3-5-7-8;8-7(9)6-4-2-1-3-5-6;1-3-6-4(2)5/h2-7H,1H2;1-5H,(H,8,9);3H,1H2,2H3. The summed E-state index contributed by atoms with van der Waals surface area (Å²) in [4.78, 5) is 30.9. The van der Waals surface area contributed by atoms with Crippen molar-refractivity contribution in [3.63, 3.8) is 0 Å². The first-order valence-corrected chi connectivity index (χ1v) is 7.35. The third-order valence-electron chi connectivity index (χ3n) is 2.47. The largest absolute Gasteiger partial charge is 0.478 e. The van der Waals surface area contributed by atoms with E-state index in [0.717, 1.165) is 12.5 Å². The molecule has 6 heteroatoms. The van der Waals surface area contributed by atoms with Crippen molar-refractivity contribution in [2.45, 2.75) is 6.92 Å². The molecular formula is C20H20O6. The maximum atomic E-state index is 11.0. The molecule has 0 saturated heterocycles. The Morgan fingerprint density at radius 1 is 0.808 bits per heavy atom. The monoisotopic (exact) mass is 356 g/mol. The molecular weight excluding hydrogens is 336 g/mol. The Labute approximate surface area is 152 Å². The summed E-state index contributed by atoms with van der Waals surface area (Å²) in [6.07, 6.45) is 2.22. The van der Waals surface area contributed by atoms with Gasteiger partial charge in [0.25, 0.3) is 0 Å². The van der Waals surface area contributed by atoms with Crippen LogP contribution in [0.1, 0.15) is 27.6 Å². The molecule has 0 aliphatic heterocycles. The van der Waals surface area contributed by atoms with E-state index in [1.54, 1.807) is 54.6 Å². The van der Waals surface area contributed by atoms with Gasteiger partial charge in [-0.15, -0.1) is 0 Å². The molecule has 0 bridgehead atoms. The second kappa shape index (κ2) is 13.7. The van der Waals surface area contributed by atoms with Crippen LogP contribution < -0.4 is 0 Å². The highest BCUT2D eigenvalue weighted by atomic mass is 16.5. The molecule has 0 radical (unpaired) electrons. The summed E-state index contributed by atoms with van der Waals surface area (Å²) in [5, 5.41) is 8.38. The Bertz CT molecular complexity index is 708. The number of carboxylic acid groups (broad SMARTS) is 1. The normalized spacial score (nSPS) is 8.35. The fourth-order valence-corrected chi connectivity index (χ4v) is 1.42. The van der Waals surface area contributed by atoms with Crippen LogP contribution in [0.25, 0.3) is 0 Å². The summed E-state index contributed by atoms with van der Waals surface area (Å²) >= 11 is 0. The van der Waals surface area contributed by atoms with Gasteiger partial charge in [0.15, 0.2) is 0 Å². The fraction of sp³-hybridized carbons (Fsp3) is 0.0500. The summed E-state index contributed by atoms with van der Waals surface area (Å²) in [6, 6.07) is 17.1. The molecule has 0 aromatic heterocycles. The first-order chi connectivity index (χ1) is 12.4. The fourth-order valence-electron chi connectivity index (χ4n) is 1.42. The van der Waals surface area contributed by atoms with Gasteiger partial charge in [0.05, 0.1) is 23.7 Å². The molecule has 136 valence electrons. The van der Waals surface area contributed by atoms with E-state index in [1.807, 2.05) is 6.07 Å². The van der Waals surface area contributed by atoms with Gasteiger partial charge in [-0.2, -0.15) is 0 Å². The van der Waals surface area contributed by atoms with Gasteiger partial charge in [0.2, 0.25) is 0 Å². The third-order valence-corrected chi connectivity index (χ3v) is 2.47. The van der Waals surface area contributed by atoms with Crippen LogP contribution in [0.5, 0.6) is 0 Å². The maximum absolute atomic E-state index is 11.0. The van der Waals surface area contributed by atoms with Crippen molar-refractivity contribution in [3.05, 3.63) is 97.5 Å². The molecule has 6 nitrogen and oxygen atoms in total. The zero-order valence-corrected chi connectivity index (χ0v) is 14.3. The Kier molecular flexibility index (Phi) is 11.8. The molecule has 2 aromatic carbocycles. The zero-order valence-electron chi connectivity index (χ0n) is 14.3. The molecule has 0 aliphatic carbocycles. The van der Waals surface area contributed by atoms with Crippen molar-refractivity contribution >= 4 is 17.9 Å². The number of carboxylic acids is 1. The van der Waals surface area contributed by atoms with Crippen LogP contribution in [0.15, 0.2) is 86.3 Å². The first-order valence-electron chi connectivity index (χ1n) is 7.35. The summed E-state index contributed by atoms with van der Waals surface area (Å²) in [6.45, 7) is 7.76. The van der Waals surface area contributed by atoms with E-state index in [9.17, 15) is 14.4 Å². The minimum absolute atomic E-state index is 0.329. The molecule has 26 heavy (non-hydrogen) atoms. The van der Waals surface area contributed by atoms with Crippen molar-refractivity contribution in [1.82, 2.24) is 0 Å². The second-order valence-electron chi connectivity index (χ2n) is 4.39. The number of aromatic carboxylic acids is 1. The lowest BCUT2D eigenvalue weighted by molar-refractivity contribution is -0.135. The quantitative estimate of drug-likeness (QED) is 0.656. The number of ether oxygens (including phenoxy) is 2. The summed E-state index contributed by atoms with van der Waals surface area (Å²) in [7, 11) is 0. The van der Waals surface area contributed by atoms with Crippen molar-refractivity contribution in [2.24, 2.45) is 0 Å². The van der Waals surface area contributed by atoms with E-state index in [2.05, 4.69) is 22.6 Å². The molecule has 1 N–H and O–H groups in total. The van der Waals surface area contributed by atoms with Gasteiger partial charge in [-0.25, -0.2) is 9.59 Å². The number of carbonyl (C=O) groups excluding carboxylic acids is 2. The Morgan fingerprint density at radius 3 is 1.50 bits per heavy atom. The van der Waals surface area contributed by atoms with Crippen molar-refractivity contribution < 1.29 is 29.0 Å². The number of hydrogen-bond donors (Lipinski definition) is 1. The summed E-state index contributed by atoms with van der Waals surface area (Å²) < 4.78 is 8.72. The van der Waals surface area contributed by atoms with Crippen molar-refractivity contribution in [2.75, 3.05) is 0 Å². The summed E-state index contributed by atoms with van der Waals surface area (Å²) in [5.41, 5.74) is 0.866. The van der Waals surface area contributed by atoms with E-state index in [-0.39, 0.29) is 11.9 Å². The number of hydrogen-bond acceptors (Lipinski definition) is 5. The topological polar surface area (TPSA) is 89.9 Å². The molecule has 0 atom stereocenters. The molecule has 2 aromatic rings. The van der Waals surface area contributed by atoms with Gasteiger partial charge in [-0.1, -0.05) is 49.6 Å². The Morgan fingerprint density at radius 2 is 1.23 bits per heavy atom. The SMILES string of the molecule is C=COC(=O)c1ccccc1.C=COC(C)=O.O=C(O)c1ccccc1. The van der Waals surface area contributed by atoms with Gasteiger partial charge >= 0.3 is 17.9 Å². The van der Waals surface area contributed by atoms with E-state index in [0.29, 0.717) is 11.1 Å². The van der Waals surface area contributed by atoms with Gasteiger partial charge in [0.1, 0.15) is 0 Å². The lowest BCUT2D eigenvalue weighted by Crippen LogP contribution is -1.98. The van der Waals surface area contributed by atoms with Crippen LogP contribution >= 0.6 is 0 Å². The number of carbonyl (C=O) groups is 3. The van der Waals surface area contributed by atoms with Crippen LogP contribution in [-0.4, -0.2) is 23.0 Å².